The smallest absolute Gasteiger partial charge is 0.663 e. The van der Waals surface area contributed by atoms with Crippen LogP contribution in [0.1, 0.15) is 41.5 Å². The van der Waals surface area contributed by atoms with Gasteiger partial charge in [-0.2, -0.15) is 25.7 Å². The Kier molecular flexibility index (Phi) is 10.0. The number of hydrogen-bond donors (Lipinski definition) is 0. The van der Waals surface area contributed by atoms with Crippen molar-refractivity contribution in [3.63, 3.8) is 0 Å². The van der Waals surface area contributed by atoms with Crippen LogP contribution < -0.4 is 0 Å². The van der Waals surface area contributed by atoms with Crippen molar-refractivity contribution in [2.75, 3.05) is 13.1 Å². The van der Waals surface area contributed by atoms with Crippen molar-refractivity contribution in [1.29, 1.82) is 0 Å². The van der Waals surface area contributed by atoms with E-state index in [1.807, 2.05) is 48.9 Å². The molecule has 0 saturated carbocycles. The van der Waals surface area contributed by atoms with Gasteiger partial charge in [0.05, 0.1) is 0 Å². The standard InChI is InChI=1S/2C13H17N3.Fe/c2*1-4-15-10-16(12(3)11(15)2)9-13-7-5-6-8-14-13;/h2*5-10H,4H2,1-3H3;/q2*-2;+4/b2*13-9-;. The Balaban J connectivity index is 0.000000227. The van der Waals surface area contributed by atoms with E-state index in [9.17, 15) is 0 Å². The third-order valence-corrected chi connectivity index (χ3v) is 5.81. The van der Waals surface area contributed by atoms with Crippen molar-refractivity contribution in [3.05, 3.63) is 119 Å². The molecule has 7 heteroatoms. The minimum absolute atomic E-state index is 0. The molecule has 33 heavy (non-hydrogen) atoms. The van der Waals surface area contributed by atoms with E-state index in [0.717, 1.165) is 24.5 Å². The Bertz CT molecular complexity index is 858. The van der Waals surface area contributed by atoms with Crippen LogP contribution in [0.4, 0.5) is 0 Å². The fourth-order valence-electron chi connectivity index (χ4n) is 3.52. The van der Waals surface area contributed by atoms with Crippen LogP contribution in [0.25, 0.3) is 10.6 Å². The van der Waals surface area contributed by atoms with Gasteiger partial charge >= 0.3 is 17.1 Å². The third kappa shape index (κ3) is 6.62. The van der Waals surface area contributed by atoms with Gasteiger partial charge in [-0.3, -0.25) is 0 Å². The molecule has 4 rings (SSSR count). The average Bonchev–Trinajstić information content (AvgIpc) is 3.25. The molecule has 0 saturated heterocycles. The molecule has 0 aromatic carbocycles. The summed E-state index contributed by atoms with van der Waals surface area (Å²) in [5.74, 6) is 0. The van der Waals surface area contributed by atoms with E-state index in [1.165, 1.54) is 22.8 Å². The minimum Gasteiger partial charge on any atom is -0.663 e. The van der Waals surface area contributed by atoms with Gasteiger partial charge in [0.1, 0.15) is 0 Å². The van der Waals surface area contributed by atoms with Gasteiger partial charge in [0.25, 0.3) is 0 Å². The summed E-state index contributed by atoms with van der Waals surface area (Å²) in [6.45, 7) is 19.0. The molecular weight excluding hydrogens is 452 g/mol. The topological polar surface area (TPSA) is 41.2 Å². The van der Waals surface area contributed by atoms with Gasteiger partial charge < -0.3 is 30.2 Å². The van der Waals surface area contributed by atoms with Crippen molar-refractivity contribution in [2.45, 2.75) is 41.5 Å². The minimum atomic E-state index is 0. The molecule has 0 amide bonds. The first-order valence-corrected chi connectivity index (χ1v) is 11.1. The molecule has 4 aliphatic rings. The Morgan fingerprint density at radius 2 is 1.06 bits per heavy atom. The summed E-state index contributed by atoms with van der Waals surface area (Å²) in [4.78, 5) is 8.71. The summed E-state index contributed by atoms with van der Waals surface area (Å²) >= 11 is 0. The quantitative estimate of drug-likeness (QED) is 0.332. The van der Waals surface area contributed by atoms with Crippen LogP contribution >= 0.6 is 0 Å². The first-order valence-electron chi connectivity index (χ1n) is 11.1. The maximum atomic E-state index is 4.29. The second-order valence-corrected chi connectivity index (χ2v) is 7.73. The fourth-order valence-corrected chi connectivity index (χ4v) is 3.52. The van der Waals surface area contributed by atoms with Gasteiger partial charge in [-0.1, -0.05) is 36.5 Å². The molecule has 0 N–H and O–H groups in total. The summed E-state index contributed by atoms with van der Waals surface area (Å²) in [6, 6.07) is 0. The van der Waals surface area contributed by atoms with Crippen LogP contribution in [-0.2, 0) is 17.1 Å². The Morgan fingerprint density at radius 1 is 0.667 bits per heavy atom. The number of hydrogen-bond acceptors (Lipinski definition) is 4. The van der Waals surface area contributed by atoms with Crippen LogP contribution in [0.15, 0.2) is 95.4 Å². The maximum absolute atomic E-state index is 4.29. The van der Waals surface area contributed by atoms with Crippen LogP contribution in [0.3, 0.4) is 0 Å². The molecule has 0 atom stereocenters. The van der Waals surface area contributed by atoms with Gasteiger partial charge in [-0.05, 0) is 78.4 Å². The largest absolute Gasteiger partial charge is 4.00 e. The molecule has 0 unspecified atom stereocenters. The van der Waals surface area contributed by atoms with E-state index < -0.39 is 0 Å². The van der Waals surface area contributed by atoms with E-state index in [1.54, 1.807) is 0 Å². The van der Waals surface area contributed by atoms with Gasteiger partial charge in [-0.15, -0.1) is 11.4 Å². The summed E-state index contributed by atoms with van der Waals surface area (Å²) in [6.07, 6.45) is 19.6. The van der Waals surface area contributed by atoms with E-state index in [0.29, 0.717) is 0 Å². The van der Waals surface area contributed by atoms with Gasteiger partial charge in [0.2, 0.25) is 0 Å². The van der Waals surface area contributed by atoms with Crippen molar-refractivity contribution < 1.29 is 17.1 Å². The molecule has 176 valence electrons. The molecule has 0 aromatic rings. The molecule has 0 aromatic heterocycles. The second-order valence-electron chi connectivity index (χ2n) is 7.73. The van der Waals surface area contributed by atoms with E-state index >= 15 is 0 Å². The fraction of sp³-hybridized carbons (Fsp3) is 0.308. The molecule has 0 fully saturated rings. The van der Waals surface area contributed by atoms with Crippen molar-refractivity contribution in [1.82, 2.24) is 19.6 Å². The molecule has 0 spiro atoms. The van der Waals surface area contributed by atoms with Crippen molar-refractivity contribution in [2.24, 2.45) is 0 Å². The van der Waals surface area contributed by atoms with E-state index in [2.05, 4.69) is 97.5 Å². The SMILES string of the molecule is CCN1[CH-]N(/C=C2/C=CC=C[N-]2)C(C)=C1C.CCN1[CH-]N(/C=C2/C=CC=C[N-]2)C(C)=C1C.[Fe+4]. The maximum Gasteiger partial charge on any atom is 4.00 e. The molecule has 0 aliphatic carbocycles. The number of allylic oxidation sites excluding steroid dienone is 10. The molecule has 0 radical (unpaired) electrons. The van der Waals surface area contributed by atoms with E-state index in [-0.39, 0.29) is 17.1 Å². The molecular formula is C26H34FeN6. The Labute approximate surface area is 210 Å². The predicted molar refractivity (Wildman–Crippen MR) is 133 cm³/mol. The zero-order valence-corrected chi connectivity index (χ0v) is 21.5. The van der Waals surface area contributed by atoms with Gasteiger partial charge in [0, 0.05) is 11.4 Å². The van der Waals surface area contributed by atoms with E-state index in [4.69, 9.17) is 0 Å². The zero-order chi connectivity index (χ0) is 23.1. The number of rotatable bonds is 4. The van der Waals surface area contributed by atoms with Gasteiger partial charge in [-0.25, -0.2) is 0 Å². The molecule has 6 nitrogen and oxygen atoms in total. The number of nitrogens with zero attached hydrogens (tertiary/aromatic N) is 6. The normalized spacial score (nSPS) is 21.6. The Hall–Kier alpha value is -2.76. The van der Waals surface area contributed by atoms with Crippen LogP contribution in [-0.4, -0.2) is 32.7 Å². The van der Waals surface area contributed by atoms with Crippen LogP contribution in [0.2, 0.25) is 0 Å². The first-order chi connectivity index (χ1) is 15.4. The van der Waals surface area contributed by atoms with Crippen LogP contribution in [0, 0.1) is 13.3 Å². The zero-order valence-electron chi connectivity index (χ0n) is 20.4. The predicted octanol–water partition coefficient (Wildman–Crippen LogP) is 6.58. The summed E-state index contributed by atoms with van der Waals surface area (Å²) in [5.41, 5.74) is 7.07. The van der Waals surface area contributed by atoms with Crippen LogP contribution in [0.5, 0.6) is 0 Å². The third-order valence-electron chi connectivity index (χ3n) is 5.81. The van der Waals surface area contributed by atoms with Crippen molar-refractivity contribution >= 4 is 0 Å². The summed E-state index contributed by atoms with van der Waals surface area (Å²) in [7, 11) is 0. The average molecular weight is 486 g/mol. The molecule has 4 aliphatic heterocycles. The Morgan fingerprint density at radius 3 is 1.33 bits per heavy atom. The first kappa shape index (κ1) is 26.5. The molecule has 4 heterocycles. The van der Waals surface area contributed by atoms with Gasteiger partial charge in [0.15, 0.2) is 0 Å². The monoisotopic (exact) mass is 486 g/mol. The summed E-state index contributed by atoms with van der Waals surface area (Å²) in [5, 5.41) is 8.59. The second kappa shape index (κ2) is 12.5. The van der Waals surface area contributed by atoms with Crippen molar-refractivity contribution in [3.8, 4) is 0 Å². The summed E-state index contributed by atoms with van der Waals surface area (Å²) < 4.78 is 0. The molecule has 0 bridgehead atoms.